The summed E-state index contributed by atoms with van der Waals surface area (Å²) in [6.07, 6.45) is 1.54. The molecule has 1 N–H and O–H groups in total. The number of H-pyrrole nitrogens is 1. The summed E-state index contributed by atoms with van der Waals surface area (Å²) in [5, 5.41) is 31.0. The maximum atomic E-state index is 9.62. The number of benzene rings is 1. The lowest BCUT2D eigenvalue weighted by molar-refractivity contribution is 0.215. The molecule has 0 saturated carbocycles. The van der Waals surface area contributed by atoms with Crippen LogP contribution < -0.4 is 0 Å². The predicted molar refractivity (Wildman–Crippen MR) is 94.0 cm³/mol. The van der Waals surface area contributed by atoms with Gasteiger partial charge in [-0.05, 0) is 31.5 Å². The van der Waals surface area contributed by atoms with Gasteiger partial charge in [-0.1, -0.05) is 11.2 Å². The van der Waals surface area contributed by atoms with E-state index in [1.54, 1.807) is 13.1 Å². The van der Waals surface area contributed by atoms with Crippen LogP contribution in [0.2, 0.25) is 0 Å². The maximum absolute atomic E-state index is 9.62. The SMILES string of the molecule is CON=Cc1[nH]nc2ccc(C3C(C#N)=C(C)N=C(C)C3C#N)cc12. The van der Waals surface area contributed by atoms with E-state index in [0.717, 1.165) is 22.2 Å². The molecule has 25 heavy (non-hydrogen) atoms. The highest BCUT2D eigenvalue weighted by Gasteiger charge is 2.34. The van der Waals surface area contributed by atoms with Crippen molar-refractivity contribution in [2.75, 3.05) is 7.11 Å². The van der Waals surface area contributed by atoms with Crippen molar-refractivity contribution in [1.82, 2.24) is 10.2 Å². The van der Waals surface area contributed by atoms with Gasteiger partial charge in [0.15, 0.2) is 0 Å². The highest BCUT2D eigenvalue weighted by molar-refractivity contribution is 5.97. The van der Waals surface area contributed by atoms with Gasteiger partial charge in [-0.15, -0.1) is 0 Å². The van der Waals surface area contributed by atoms with Crippen molar-refractivity contribution in [3.8, 4) is 12.1 Å². The minimum Gasteiger partial charge on any atom is -0.399 e. The van der Waals surface area contributed by atoms with Crippen LogP contribution in [0.25, 0.3) is 10.9 Å². The summed E-state index contributed by atoms with van der Waals surface area (Å²) in [7, 11) is 1.47. The normalized spacial score (nSPS) is 20.4. The largest absolute Gasteiger partial charge is 0.399 e. The number of fused-ring (bicyclic) bond motifs is 1. The second kappa shape index (κ2) is 6.58. The van der Waals surface area contributed by atoms with Crippen molar-refractivity contribution < 1.29 is 4.84 Å². The minimum absolute atomic E-state index is 0.348. The molecule has 7 heteroatoms. The fourth-order valence-electron chi connectivity index (χ4n) is 3.15. The average Bonchev–Trinajstić information content (AvgIpc) is 3.01. The van der Waals surface area contributed by atoms with Gasteiger partial charge in [0, 0.05) is 17.0 Å². The predicted octanol–water partition coefficient (Wildman–Crippen LogP) is 3.04. The molecule has 0 aliphatic carbocycles. The number of rotatable bonds is 3. The Bertz CT molecular complexity index is 999. The van der Waals surface area contributed by atoms with Crippen molar-refractivity contribution in [2.45, 2.75) is 19.8 Å². The summed E-state index contributed by atoms with van der Waals surface area (Å²) >= 11 is 0. The van der Waals surface area contributed by atoms with E-state index in [4.69, 9.17) is 4.84 Å². The van der Waals surface area contributed by atoms with Gasteiger partial charge in [0.2, 0.25) is 0 Å². The van der Waals surface area contributed by atoms with E-state index in [9.17, 15) is 10.5 Å². The molecule has 3 rings (SSSR count). The topological polar surface area (TPSA) is 110 Å². The van der Waals surface area contributed by atoms with Gasteiger partial charge in [0.1, 0.15) is 7.11 Å². The Hall–Kier alpha value is -3.45. The van der Waals surface area contributed by atoms with Crippen molar-refractivity contribution >= 4 is 22.8 Å². The fraction of sp³-hybridized carbons (Fsp3) is 0.278. The summed E-state index contributed by atoms with van der Waals surface area (Å²) in [6.45, 7) is 3.63. The van der Waals surface area contributed by atoms with Gasteiger partial charge in [-0.2, -0.15) is 15.6 Å². The van der Waals surface area contributed by atoms with E-state index >= 15 is 0 Å². The molecule has 1 aliphatic rings. The van der Waals surface area contributed by atoms with E-state index in [2.05, 4.69) is 32.5 Å². The smallest absolute Gasteiger partial charge is 0.106 e. The Balaban J connectivity index is 2.17. The van der Waals surface area contributed by atoms with Gasteiger partial charge < -0.3 is 4.84 Å². The highest BCUT2D eigenvalue weighted by Crippen LogP contribution is 2.39. The number of hydrogen-bond acceptors (Lipinski definition) is 6. The molecule has 1 aliphatic heterocycles. The summed E-state index contributed by atoms with van der Waals surface area (Å²) < 4.78 is 0. The van der Waals surface area contributed by atoms with E-state index in [1.165, 1.54) is 7.11 Å². The first kappa shape index (κ1) is 16.4. The van der Waals surface area contributed by atoms with E-state index in [1.807, 2.05) is 25.1 Å². The van der Waals surface area contributed by atoms with Crippen LogP contribution in [0.5, 0.6) is 0 Å². The van der Waals surface area contributed by atoms with Crippen LogP contribution in [0.4, 0.5) is 0 Å². The molecule has 0 spiro atoms. The Labute approximate surface area is 144 Å². The number of nitriles is 2. The lowest BCUT2D eigenvalue weighted by Crippen LogP contribution is -2.24. The highest BCUT2D eigenvalue weighted by atomic mass is 16.6. The molecule has 0 bridgehead atoms. The van der Waals surface area contributed by atoms with E-state index in [0.29, 0.717) is 17.0 Å². The average molecular weight is 332 g/mol. The number of nitrogens with zero attached hydrogens (tertiary/aromatic N) is 5. The molecular weight excluding hydrogens is 316 g/mol. The molecule has 124 valence electrons. The number of aromatic amines is 1. The number of aromatic nitrogens is 2. The summed E-state index contributed by atoms with van der Waals surface area (Å²) in [5.74, 6) is -0.821. The van der Waals surface area contributed by atoms with Crippen molar-refractivity contribution in [2.24, 2.45) is 16.1 Å². The van der Waals surface area contributed by atoms with Crippen molar-refractivity contribution in [3.63, 3.8) is 0 Å². The lowest BCUT2D eigenvalue weighted by atomic mass is 9.76. The van der Waals surface area contributed by atoms with Crippen LogP contribution in [-0.4, -0.2) is 29.2 Å². The lowest BCUT2D eigenvalue weighted by Gasteiger charge is -2.26. The number of allylic oxidation sites excluding steroid dienone is 2. The molecular formula is C18H16N6O. The molecule has 1 aromatic carbocycles. The zero-order chi connectivity index (χ0) is 18.0. The molecule has 0 saturated heterocycles. The molecule has 2 unspecified atom stereocenters. The summed E-state index contributed by atoms with van der Waals surface area (Å²) in [4.78, 5) is 9.09. The zero-order valence-corrected chi connectivity index (χ0v) is 14.1. The molecule has 0 fully saturated rings. The van der Waals surface area contributed by atoms with E-state index in [-0.39, 0.29) is 5.92 Å². The second-order valence-electron chi connectivity index (χ2n) is 5.78. The molecule has 0 radical (unpaired) electrons. The second-order valence-corrected chi connectivity index (χ2v) is 5.78. The Morgan fingerprint density at radius 2 is 2.12 bits per heavy atom. The van der Waals surface area contributed by atoms with Gasteiger partial charge in [0.05, 0.1) is 46.8 Å². The van der Waals surface area contributed by atoms with Crippen LogP contribution in [0.3, 0.4) is 0 Å². The van der Waals surface area contributed by atoms with Crippen LogP contribution >= 0.6 is 0 Å². The van der Waals surface area contributed by atoms with E-state index < -0.39 is 5.92 Å². The van der Waals surface area contributed by atoms with Crippen LogP contribution in [0.1, 0.15) is 31.0 Å². The van der Waals surface area contributed by atoms with Crippen LogP contribution in [0.15, 0.2) is 39.6 Å². The minimum atomic E-state index is -0.473. The molecule has 2 aromatic rings. The van der Waals surface area contributed by atoms with Crippen molar-refractivity contribution in [3.05, 3.63) is 40.7 Å². The first-order chi connectivity index (χ1) is 12.1. The molecule has 2 atom stereocenters. The van der Waals surface area contributed by atoms with Crippen LogP contribution in [-0.2, 0) is 4.84 Å². The number of aliphatic imine (C=N–C) groups is 1. The Morgan fingerprint density at radius 3 is 2.80 bits per heavy atom. The first-order valence-electron chi connectivity index (χ1n) is 7.71. The summed E-state index contributed by atoms with van der Waals surface area (Å²) in [6, 6.07) is 10.2. The monoisotopic (exact) mass is 332 g/mol. The number of hydrogen-bond donors (Lipinski definition) is 1. The standard InChI is InChI=1S/C18H16N6O/c1-10-14(7-19)18(15(8-20)11(2)22-10)12-4-5-16-13(6-12)17(24-23-16)9-21-25-3/h4-6,9,14,18H,1-3H3,(H,23,24). The van der Waals surface area contributed by atoms with Gasteiger partial charge >= 0.3 is 0 Å². The third kappa shape index (κ3) is 2.77. The van der Waals surface area contributed by atoms with Gasteiger partial charge in [0.25, 0.3) is 0 Å². The van der Waals surface area contributed by atoms with Crippen molar-refractivity contribution in [1.29, 1.82) is 10.5 Å². The van der Waals surface area contributed by atoms with Crippen LogP contribution in [0, 0.1) is 28.6 Å². The van der Waals surface area contributed by atoms with Gasteiger partial charge in [-0.3, -0.25) is 10.1 Å². The number of oxime groups is 1. The first-order valence-corrected chi connectivity index (χ1v) is 7.71. The molecule has 2 heterocycles. The third-order valence-corrected chi connectivity index (χ3v) is 4.34. The van der Waals surface area contributed by atoms with Gasteiger partial charge in [-0.25, -0.2) is 0 Å². The molecule has 1 aromatic heterocycles. The molecule has 0 amide bonds. The zero-order valence-electron chi connectivity index (χ0n) is 14.1. The number of nitrogens with one attached hydrogen (secondary N) is 1. The maximum Gasteiger partial charge on any atom is 0.106 e. The fourth-order valence-corrected chi connectivity index (χ4v) is 3.15. The Kier molecular flexibility index (Phi) is 4.32. The molecule has 7 nitrogen and oxygen atoms in total. The quantitative estimate of drug-likeness (QED) is 0.688. The summed E-state index contributed by atoms with van der Waals surface area (Å²) in [5.41, 5.74) is 4.25. The third-order valence-electron chi connectivity index (χ3n) is 4.34. The Morgan fingerprint density at radius 1 is 1.32 bits per heavy atom.